The third kappa shape index (κ3) is 1.45. The maximum atomic E-state index is 11.3. The summed E-state index contributed by atoms with van der Waals surface area (Å²) in [6.45, 7) is 0.120. The van der Waals surface area contributed by atoms with Crippen molar-refractivity contribution in [2.45, 2.75) is 6.54 Å². The molecule has 0 bridgehead atoms. The van der Waals surface area contributed by atoms with Gasteiger partial charge in [0.25, 0.3) is 0 Å². The fraction of sp³-hybridized carbons (Fsp3) is 0.111. The van der Waals surface area contributed by atoms with E-state index in [0.29, 0.717) is 5.69 Å². The summed E-state index contributed by atoms with van der Waals surface area (Å²) in [5, 5.41) is 3.91. The number of benzene rings is 1. The van der Waals surface area contributed by atoms with E-state index in [9.17, 15) is 4.79 Å². The highest BCUT2D eigenvalue weighted by Gasteiger charge is 2.06. The Morgan fingerprint density at radius 1 is 1.36 bits per heavy atom. The number of nitrogens with two attached hydrogens (primary N) is 1. The Kier molecular flexibility index (Phi) is 2.16. The molecule has 0 fully saturated rings. The zero-order valence-electron chi connectivity index (χ0n) is 7.38. The van der Waals surface area contributed by atoms with Crippen LogP contribution in [0, 0.1) is 0 Å². The van der Waals surface area contributed by atoms with Gasteiger partial charge in [-0.2, -0.15) is 4.68 Å². The summed E-state index contributed by atoms with van der Waals surface area (Å²) in [6, 6.07) is 9.03. The van der Waals surface area contributed by atoms with Gasteiger partial charge in [0.2, 0.25) is 5.89 Å². The third-order valence-electron chi connectivity index (χ3n) is 1.76. The molecule has 0 atom stereocenters. The van der Waals surface area contributed by atoms with E-state index in [2.05, 4.69) is 5.10 Å². The molecule has 0 aliphatic carbocycles. The fourth-order valence-corrected chi connectivity index (χ4v) is 1.13. The number of nitrogens with zero attached hydrogens (tertiary/aromatic N) is 2. The van der Waals surface area contributed by atoms with E-state index in [4.69, 9.17) is 10.2 Å². The molecule has 0 amide bonds. The molecule has 72 valence electrons. The lowest BCUT2D eigenvalue weighted by atomic mass is 10.3. The van der Waals surface area contributed by atoms with Crippen LogP contribution >= 0.6 is 0 Å². The molecular weight excluding hydrogens is 182 g/mol. The van der Waals surface area contributed by atoms with Crippen molar-refractivity contribution in [1.82, 2.24) is 9.78 Å². The lowest BCUT2D eigenvalue weighted by Gasteiger charge is -1.94. The van der Waals surface area contributed by atoms with Crippen LogP contribution < -0.4 is 11.5 Å². The Labute approximate surface area is 79.8 Å². The van der Waals surface area contributed by atoms with Crippen molar-refractivity contribution in [3.05, 3.63) is 46.8 Å². The highest BCUT2D eigenvalue weighted by atomic mass is 16.4. The lowest BCUT2D eigenvalue weighted by Crippen LogP contribution is -2.13. The average molecular weight is 191 g/mol. The Morgan fingerprint density at radius 2 is 2.07 bits per heavy atom. The van der Waals surface area contributed by atoms with Gasteiger partial charge in [-0.25, -0.2) is 4.79 Å². The quantitative estimate of drug-likeness (QED) is 0.740. The first kappa shape index (κ1) is 8.71. The zero-order valence-corrected chi connectivity index (χ0v) is 7.38. The molecule has 0 saturated carbocycles. The number of para-hydroxylation sites is 1. The summed E-state index contributed by atoms with van der Waals surface area (Å²) in [4.78, 5) is 11.3. The van der Waals surface area contributed by atoms with Gasteiger partial charge in [0.1, 0.15) is 0 Å². The Hall–Kier alpha value is -1.88. The van der Waals surface area contributed by atoms with Crippen LogP contribution in [0.15, 0.2) is 39.5 Å². The molecule has 2 aromatic rings. The molecule has 0 aliphatic heterocycles. The second-order valence-electron chi connectivity index (χ2n) is 2.71. The standard InChI is InChI=1S/C9H9N3O2/c10-6-8-11-12(9(13)14-8)7-4-2-1-3-5-7/h1-5H,6,10H2. The van der Waals surface area contributed by atoms with Crippen molar-refractivity contribution in [1.29, 1.82) is 0 Å². The Bertz CT molecular complexity index is 472. The second kappa shape index (κ2) is 3.47. The van der Waals surface area contributed by atoms with Crippen LogP contribution in [0.3, 0.4) is 0 Å². The lowest BCUT2D eigenvalue weighted by molar-refractivity contribution is 0.460. The molecule has 1 aromatic heterocycles. The van der Waals surface area contributed by atoms with Gasteiger partial charge in [0.05, 0.1) is 12.2 Å². The maximum Gasteiger partial charge on any atom is 0.442 e. The summed E-state index contributed by atoms with van der Waals surface area (Å²) in [5.74, 6) is -0.282. The van der Waals surface area contributed by atoms with Gasteiger partial charge in [0, 0.05) is 0 Å². The van der Waals surface area contributed by atoms with Crippen LogP contribution in [0.2, 0.25) is 0 Å². The van der Waals surface area contributed by atoms with Gasteiger partial charge in [0.15, 0.2) is 0 Å². The van der Waals surface area contributed by atoms with Gasteiger partial charge < -0.3 is 10.2 Å². The van der Waals surface area contributed by atoms with E-state index in [1.165, 1.54) is 4.68 Å². The van der Waals surface area contributed by atoms with Crippen molar-refractivity contribution < 1.29 is 4.42 Å². The number of aromatic nitrogens is 2. The van der Waals surface area contributed by atoms with Crippen molar-refractivity contribution in [2.24, 2.45) is 5.73 Å². The van der Waals surface area contributed by atoms with Crippen molar-refractivity contribution in [3.63, 3.8) is 0 Å². The van der Waals surface area contributed by atoms with Crippen LogP contribution in [0.4, 0.5) is 0 Å². The molecule has 14 heavy (non-hydrogen) atoms. The summed E-state index contributed by atoms with van der Waals surface area (Å²) < 4.78 is 5.97. The smallest absolute Gasteiger partial charge is 0.391 e. The number of hydrogen-bond acceptors (Lipinski definition) is 4. The summed E-state index contributed by atoms with van der Waals surface area (Å²) in [5.41, 5.74) is 5.97. The van der Waals surface area contributed by atoms with Crippen LogP contribution in [0.25, 0.3) is 5.69 Å². The van der Waals surface area contributed by atoms with Crippen molar-refractivity contribution >= 4 is 0 Å². The van der Waals surface area contributed by atoms with E-state index in [-0.39, 0.29) is 12.4 Å². The van der Waals surface area contributed by atoms with Crippen molar-refractivity contribution in [3.8, 4) is 5.69 Å². The fourth-order valence-electron chi connectivity index (χ4n) is 1.13. The summed E-state index contributed by atoms with van der Waals surface area (Å²) in [6.07, 6.45) is 0. The van der Waals surface area contributed by atoms with Gasteiger partial charge in [-0.3, -0.25) is 0 Å². The topological polar surface area (TPSA) is 74.0 Å². The molecule has 2 N–H and O–H groups in total. The van der Waals surface area contributed by atoms with Gasteiger partial charge >= 0.3 is 5.76 Å². The SMILES string of the molecule is NCc1nn(-c2ccccc2)c(=O)o1. The summed E-state index contributed by atoms with van der Waals surface area (Å²) in [7, 11) is 0. The monoisotopic (exact) mass is 191 g/mol. The van der Waals surface area contributed by atoms with Gasteiger partial charge in [-0.05, 0) is 12.1 Å². The van der Waals surface area contributed by atoms with Crippen molar-refractivity contribution in [2.75, 3.05) is 0 Å². The highest BCUT2D eigenvalue weighted by molar-refractivity contribution is 5.28. The molecule has 5 heteroatoms. The van der Waals surface area contributed by atoms with Crippen LogP contribution in [0.1, 0.15) is 5.89 Å². The number of hydrogen-bond donors (Lipinski definition) is 1. The normalized spacial score (nSPS) is 10.4. The molecule has 5 nitrogen and oxygen atoms in total. The molecule has 0 unspecified atom stereocenters. The van der Waals surface area contributed by atoms with E-state index in [0.717, 1.165) is 0 Å². The zero-order chi connectivity index (χ0) is 9.97. The van der Waals surface area contributed by atoms with Crippen LogP contribution in [-0.4, -0.2) is 9.78 Å². The first-order valence-electron chi connectivity index (χ1n) is 4.16. The second-order valence-corrected chi connectivity index (χ2v) is 2.71. The van der Waals surface area contributed by atoms with Crippen LogP contribution in [0.5, 0.6) is 0 Å². The predicted molar refractivity (Wildman–Crippen MR) is 50.0 cm³/mol. The number of rotatable bonds is 2. The largest absolute Gasteiger partial charge is 0.442 e. The summed E-state index contributed by atoms with van der Waals surface area (Å²) >= 11 is 0. The van der Waals surface area contributed by atoms with E-state index in [1.54, 1.807) is 12.1 Å². The predicted octanol–water partition coefficient (Wildman–Crippen LogP) is 0.284. The molecular formula is C9H9N3O2. The molecule has 0 aliphatic rings. The molecule has 1 heterocycles. The van der Waals surface area contributed by atoms with Crippen LogP contribution in [-0.2, 0) is 6.54 Å². The van der Waals surface area contributed by atoms with Gasteiger partial charge in [-0.1, -0.05) is 18.2 Å². The highest BCUT2D eigenvalue weighted by Crippen LogP contribution is 2.02. The average Bonchev–Trinajstić information content (AvgIpc) is 2.61. The molecule has 0 saturated heterocycles. The minimum atomic E-state index is -0.517. The Morgan fingerprint density at radius 3 is 2.64 bits per heavy atom. The first-order chi connectivity index (χ1) is 6.81. The van der Waals surface area contributed by atoms with E-state index >= 15 is 0 Å². The van der Waals surface area contributed by atoms with E-state index < -0.39 is 5.76 Å². The Balaban J connectivity index is 2.52. The molecule has 2 rings (SSSR count). The minimum absolute atomic E-state index is 0.120. The minimum Gasteiger partial charge on any atom is -0.391 e. The van der Waals surface area contributed by atoms with E-state index in [1.807, 2.05) is 18.2 Å². The third-order valence-corrected chi connectivity index (χ3v) is 1.76. The van der Waals surface area contributed by atoms with Gasteiger partial charge in [-0.15, -0.1) is 5.10 Å². The maximum absolute atomic E-state index is 11.3. The molecule has 0 radical (unpaired) electrons. The first-order valence-corrected chi connectivity index (χ1v) is 4.16. The molecule has 0 spiro atoms. The molecule has 1 aromatic carbocycles.